The van der Waals surface area contributed by atoms with E-state index < -0.39 is 24.0 Å². The number of hydrogen-bond acceptors (Lipinski definition) is 24. The lowest BCUT2D eigenvalue weighted by Crippen LogP contribution is -2.46. The fraction of sp³-hybridized carbons (Fsp3) is 0.230. The number of anilines is 2. The number of aromatic hydroxyl groups is 1. The average Bonchev–Trinajstić information content (AvgIpc) is 1.64. The first kappa shape index (κ1) is 114. The molecule has 0 radical (unpaired) electrons. The minimum absolute atomic E-state index is 0.0171. The SMILES string of the molecule is BrCc1ccccc1.CCOC(=O)c1cccc(O)c1.CCOC(=O)c1cccc(OCc2ccccc2)c1.CN(C)C=C(C#N)C(=O)c1cccc(OCc2ccccc2)c1.COC(OC)N(C)C.Cc1ccc(C(=O)NC2CC2)cc1-n1ncc(C(=O)c2cccc(OCc3ccccc3)c2)c1N.Cc1ccc(C(=O)NC2CC2)cc1N(N)C(=O)C(F)(F)F.N#CCC(=O)c1cccc(OCc2ccccc2)c1. The maximum atomic E-state index is 13.3. The highest BCUT2D eigenvalue weighted by atomic mass is 79.9. The number of hydrazine groups is 1. The van der Waals surface area contributed by atoms with Gasteiger partial charge in [0, 0.05) is 79.7 Å². The molecule has 7 N–H and O–H groups in total. The van der Waals surface area contributed by atoms with E-state index in [9.17, 15) is 51.5 Å². The van der Waals surface area contributed by atoms with Gasteiger partial charge in [-0.3, -0.25) is 33.7 Å². The number of nitrogens with one attached hydrogen (secondary N) is 2. The molecule has 2 fully saturated rings. The van der Waals surface area contributed by atoms with E-state index in [4.69, 9.17) is 65.1 Å². The van der Waals surface area contributed by atoms with E-state index in [0.29, 0.717) is 107 Å². The largest absolute Gasteiger partial charge is 0.508 e. The van der Waals surface area contributed by atoms with Crippen LogP contribution < -0.4 is 46.2 Å². The van der Waals surface area contributed by atoms with E-state index in [2.05, 4.69) is 43.8 Å². The number of esters is 2. The van der Waals surface area contributed by atoms with Crippen LogP contribution in [0.25, 0.3) is 5.69 Å². The van der Waals surface area contributed by atoms with Gasteiger partial charge in [-0.2, -0.15) is 28.8 Å². The lowest BCUT2D eigenvalue weighted by atomic mass is 10.0. The lowest BCUT2D eigenvalue weighted by Gasteiger charge is -2.20. The number of methoxy groups -OCH3 is 2. The highest BCUT2D eigenvalue weighted by molar-refractivity contribution is 9.08. The molecule has 0 aliphatic heterocycles. The van der Waals surface area contributed by atoms with Crippen LogP contribution in [-0.4, -0.2) is 152 Å². The van der Waals surface area contributed by atoms with Crippen molar-refractivity contribution in [3.63, 3.8) is 0 Å². The van der Waals surface area contributed by atoms with Crippen molar-refractivity contribution in [3.05, 3.63) is 411 Å². The Morgan fingerprint density at radius 3 is 1.27 bits per heavy atom. The van der Waals surface area contributed by atoms with E-state index in [-0.39, 0.29) is 93.1 Å². The molecule has 13 aromatic rings. The third-order valence-corrected chi connectivity index (χ3v) is 21.3. The number of ether oxygens (including phenoxy) is 8. The Morgan fingerprint density at radius 1 is 0.503 bits per heavy atom. The van der Waals surface area contributed by atoms with Crippen LogP contribution in [-0.2, 0) is 55.5 Å². The zero-order valence-corrected chi connectivity index (χ0v) is 83.7. The second-order valence-corrected chi connectivity index (χ2v) is 33.2. The van der Waals surface area contributed by atoms with Gasteiger partial charge in [0.2, 0.25) is 12.2 Å². The van der Waals surface area contributed by atoms with Crippen LogP contribution in [0.5, 0.6) is 28.7 Å². The Balaban J connectivity index is 0.000000210. The first-order valence-corrected chi connectivity index (χ1v) is 47.0. The van der Waals surface area contributed by atoms with Gasteiger partial charge in [0.25, 0.3) is 11.8 Å². The number of nitrogens with two attached hydrogens (primary N) is 2. The Bertz CT molecular complexity index is 6480. The predicted octanol–water partition coefficient (Wildman–Crippen LogP) is 20.6. The second kappa shape index (κ2) is 60.0. The fourth-order valence-electron chi connectivity index (χ4n) is 12.9. The van der Waals surface area contributed by atoms with Crippen molar-refractivity contribution in [2.45, 2.75) is 116 Å². The molecule has 15 rings (SSSR count). The summed E-state index contributed by atoms with van der Waals surface area (Å²) in [7, 11) is 10.5. The number of halogens is 4. The molecule has 145 heavy (non-hydrogen) atoms. The standard InChI is InChI=1S/C28H26N4O3.C19H18N2O2.C16H13NO2.C16H16O3.C13H14F3N3O2.C9H10O3.C7H7Br.C5H13NO2/c1-18-10-11-21(28(34)31-22-12-13-22)15-25(18)32-27(29)24(16-30-32)26(33)20-8-5-9-23(14-20)35-17-19-6-3-2-4-7-19;1-21(2)13-17(12-20)19(22)16-9-6-10-18(11-16)23-14-15-7-4-3-5-8-15;17-10-9-16(18)14-7-4-8-15(11-14)19-12-13-5-2-1-3-6-13;1-2-18-16(17)14-9-6-10-15(11-14)19-12-13-7-4-3-5-8-13;1-7-2-3-8(11(20)18-9-4-5-9)6-10(7)19(17)12(21)13(14,15)16;1-2-12-9(11)7-4-3-5-8(10)6-7;8-6-7-4-2-1-3-5-7;1-6(2)5(7-3)8-4/h2-11,14-16,22H,12-13,17,29H2,1H3,(H,31,34);3-11,13H,14H2,1-2H3;1-8,11H,9,12H2;3-11H,2,12H2,1H3;2-3,6,9H,4-5,17H2,1H3,(H,18,20);3-6,10H,2H2,1H3;1-5H,6H2;5H,1-4H3. The molecule has 3 amide bonds. The lowest BCUT2D eigenvalue weighted by molar-refractivity contribution is -0.179. The summed E-state index contributed by atoms with van der Waals surface area (Å²) < 4.78 is 81.0. The number of nitriles is 2. The Labute approximate surface area is 850 Å². The van der Waals surface area contributed by atoms with E-state index in [0.717, 1.165) is 58.8 Å². The summed E-state index contributed by atoms with van der Waals surface area (Å²) >= 11 is 3.36. The van der Waals surface area contributed by atoms with Gasteiger partial charge in [0.1, 0.15) is 72.6 Å². The number of phenols is 1. The first-order chi connectivity index (χ1) is 69.8. The monoisotopic (exact) mass is 2040 g/mol. The molecule has 1 heterocycles. The highest BCUT2D eigenvalue weighted by Gasteiger charge is 2.43. The number of nitrogens with zero attached hydrogens (tertiary/aromatic N) is 7. The smallest absolute Gasteiger partial charge is 0.473 e. The molecule has 28 nitrogen and oxygen atoms in total. The molecule has 32 heteroatoms. The number of ketones is 3. The number of hydrogen-bond donors (Lipinski definition) is 5. The van der Waals surface area contributed by atoms with Gasteiger partial charge in [0.05, 0.1) is 60.0 Å². The molecule has 0 unspecified atom stereocenters. The van der Waals surface area contributed by atoms with E-state index in [1.807, 2.05) is 196 Å². The number of benzene rings is 12. The van der Waals surface area contributed by atoms with Crippen LogP contribution in [0.15, 0.2) is 327 Å². The highest BCUT2D eigenvalue weighted by Crippen LogP contribution is 2.31. The van der Waals surface area contributed by atoms with Crippen molar-refractivity contribution in [1.29, 1.82) is 10.5 Å². The molecular weight excluding hydrogens is 1920 g/mol. The number of aromatic nitrogens is 2. The van der Waals surface area contributed by atoms with Crippen LogP contribution >= 0.6 is 15.9 Å². The first-order valence-electron chi connectivity index (χ1n) is 45.9. The van der Waals surface area contributed by atoms with Gasteiger partial charge in [-0.15, -0.1) is 0 Å². The van der Waals surface area contributed by atoms with Gasteiger partial charge in [-0.25, -0.2) is 25.1 Å². The molecule has 754 valence electrons. The van der Waals surface area contributed by atoms with Gasteiger partial charge in [-0.1, -0.05) is 228 Å². The molecule has 2 saturated carbocycles. The summed E-state index contributed by atoms with van der Waals surface area (Å²) in [5.74, 6) is 3.82. The molecule has 0 bridgehead atoms. The molecule has 2 aliphatic carbocycles. The van der Waals surface area contributed by atoms with E-state index in [1.165, 1.54) is 59.9 Å². The van der Waals surface area contributed by atoms with Crippen molar-refractivity contribution in [3.8, 4) is 46.6 Å². The molecule has 0 saturated heterocycles. The van der Waals surface area contributed by atoms with E-state index >= 15 is 0 Å². The number of amides is 3. The van der Waals surface area contributed by atoms with Crippen molar-refractivity contribution in [1.82, 2.24) is 30.2 Å². The second-order valence-electron chi connectivity index (χ2n) is 32.6. The maximum absolute atomic E-state index is 13.3. The van der Waals surface area contributed by atoms with Gasteiger partial charge < -0.3 is 64.3 Å². The van der Waals surface area contributed by atoms with Crippen LogP contribution in [0.2, 0.25) is 0 Å². The zero-order chi connectivity index (χ0) is 105. The van der Waals surface area contributed by atoms with Crippen LogP contribution in [0, 0.1) is 36.5 Å². The molecule has 0 atom stereocenters. The third kappa shape index (κ3) is 39.6. The van der Waals surface area contributed by atoms with Gasteiger partial charge in [0.15, 0.2) is 11.6 Å². The van der Waals surface area contributed by atoms with Crippen molar-refractivity contribution in [2.75, 3.05) is 66.4 Å². The Hall–Kier alpha value is -16.4. The summed E-state index contributed by atoms with van der Waals surface area (Å²) in [5.41, 5.74) is 17.1. The van der Waals surface area contributed by atoms with Crippen LogP contribution in [0.4, 0.5) is 24.7 Å². The third-order valence-electron chi connectivity index (χ3n) is 20.6. The fourth-order valence-corrected chi connectivity index (χ4v) is 13.2. The number of Topliss-reactive ketones (excluding diaryl/α,β-unsaturated/α-hetero) is 2. The maximum Gasteiger partial charge on any atom is 0.473 e. The number of allylic oxidation sites excluding steroid dienone is 1. The van der Waals surface area contributed by atoms with Gasteiger partial charge in [-0.05, 0) is 203 Å². The summed E-state index contributed by atoms with van der Waals surface area (Å²) in [4.78, 5) is 98.9. The Morgan fingerprint density at radius 2 is 0.890 bits per heavy atom. The molecule has 1 aromatic heterocycles. The number of aryl methyl sites for hydroxylation is 2. The van der Waals surface area contributed by atoms with Crippen molar-refractivity contribution < 1.29 is 94.5 Å². The molecule has 12 aromatic carbocycles. The quantitative estimate of drug-likeness (QED) is 0.00293. The number of phenolic OH excluding ortho intramolecular Hbond substituents is 1. The summed E-state index contributed by atoms with van der Waals surface area (Å²) in [5, 5.41) is 37.7. The Kier molecular flexibility index (Phi) is 47.2. The van der Waals surface area contributed by atoms with Crippen LogP contribution in [0.3, 0.4) is 0 Å². The number of alkyl halides is 4. The topological polar surface area (TPSA) is 382 Å². The summed E-state index contributed by atoms with van der Waals surface area (Å²) in [6.07, 6.45) is 1.39. The number of nitrogen functional groups attached to an aromatic ring is 1. The zero-order valence-electron chi connectivity index (χ0n) is 82.1. The minimum Gasteiger partial charge on any atom is -0.508 e. The predicted molar refractivity (Wildman–Crippen MR) is 552 cm³/mol. The van der Waals surface area contributed by atoms with Crippen molar-refractivity contribution in [2.24, 2.45) is 5.84 Å². The molecule has 2 aliphatic rings. The van der Waals surface area contributed by atoms with Crippen molar-refractivity contribution >= 4 is 74.4 Å². The van der Waals surface area contributed by atoms with E-state index in [1.54, 1.807) is 156 Å². The minimum atomic E-state index is -5.08. The molecular formula is C113H117BrF3N11O17. The molecule has 0 spiro atoms. The number of carbonyl (C=O) groups is 8. The normalized spacial score (nSPS) is 11.4. The number of carbonyl (C=O) groups excluding carboxylic acids is 8. The van der Waals surface area contributed by atoms with Gasteiger partial charge >= 0.3 is 24.0 Å². The van der Waals surface area contributed by atoms with Crippen LogP contribution in [0.1, 0.15) is 163 Å². The average molecular weight is 2040 g/mol. The number of rotatable bonds is 33. The summed E-state index contributed by atoms with van der Waals surface area (Å²) in [6, 6.07) is 97.1. The summed E-state index contributed by atoms with van der Waals surface area (Å²) in [6.45, 7) is 9.41.